The monoisotopic (exact) mass is 393 g/mol. The van der Waals surface area contributed by atoms with Crippen LogP contribution in [0, 0.1) is 5.92 Å². The smallest absolute Gasteiger partial charge is 0.309 e. The van der Waals surface area contributed by atoms with E-state index in [0.717, 1.165) is 12.8 Å². The van der Waals surface area contributed by atoms with Crippen LogP contribution in [0.5, 0.6) is 0 Å². The van der Waals surface area contributed by atoms with E-state index in [4.69, 9.17) is 9.47 Å². The topological polar surface area (TPSA) is 90.0 Å². The van der Waals surface area contributed by atoms with Gasteiger partial charge in [0.2, 0.25) is 10.0 Å². The Labute approximate surface area is 159 Å². The highest BCUT2D eigenvalue weighted by Crippen LogP contribution is 2.20. The van der Waals surface area contributed by atoms with E-state index in [9.17, 15) is 18.0 Å². The molecule has 0 saturated carbocycles. The Kier molecular flexibility index (Phi) is 6.41. The maximum absolute atomic E-state index is 12.6. The lowest BCUT2D eigenvalue weighted by atomic mass is 9.95. The van der Waals surface area contributed by atoms with Crippen LogP contribution >= 0.6 is 0 Å². The Balaban J connectivity index is 1.58. The van der Waals surface area contributed by atoms with Gasteiger partial charge in [-0.2, -0.15) is 4.31 Å². The van der Waals surface area contributed by atoms with Crippen molar-refractivity contribution in [2.75, 3.05) is 32.9 Å². The first-order valence-electron chi connectivity index (χ1n) is 9.01. The highest BCUT2D eigenvalue weighted by molar-refractivity contribution is 7.89. The molecule has 146 valence electrons. The number of Topliss-reactive ketones (excluding diaryl/α,β-unsaturated/α-hetero) is 1. The van der Waals surface area contributed by atoms with Crippen molar-refractivity contribution in [1.29, 1.82) is 0 Å². The second-order valence-electron chi connectivity index (χ2n) is 6.55. The van der Waals surface area contributed by atoms with Gasteiger partial charge in [-0.15, -0.1) is 0 Å². The van der Waals surface area contributed by atoms with Crippen LogP contribution in [0.25, 0.3) is 0 Å². The largest absolute Gasteiger partial charge is 0.457 e. The number of carbonyl (C=O) groups is 2. The van der Waals surface area contributed by atoms with E-state index in [1.807, 2.05) is 12.2 Å². The molecule has 1 aromatic carbocycles. The van der Waals surface area contributed by atoms with Gasteiger partial charge in [-0.05, 0) is 43.5 Å². The number of sulfonamides is 1. The average molecular weight is 393 g/mol. The number of nitrogens with zero attached hydrogens (tertiary/aromatic N) is 1. The first kappa shape index (κ1) is 19.7. The number of benzene rings is 1. The van der Waals surface area contributed by atoms with Gasteiger partial charge in [0.1, 0.15) is 0 Å². The number of hydrogen-bond donors (Lipinski definition) is 0. The van der Waals surface area contributed by atoms with E-state index in [1.54, 1.807) is 0 Å². The third-order valence-corrected chi connectivity index (χ3v) is 6.64. The molecule has 0 aromatic heterocycles. The molecule has 2 aliphatic rings. The summed E-state index contributed by atoms with van der Waals surface area (Å²) in [7, 11) is -3.59. The Morgan fingerprint density at radius 3 is 2.44 bits per heavy atom. The predicted octanol–water partition coefficient (Wildman–Crippen LogP) is 1.79. The van der Waals surface area contributed by atoms with Crippen molar-refractivity contribution in [3.63, 3.8) is 0 Å². The van der Waals surface area contributed by atoms with Crippen LogP contribution in [0.2, 0.25) is 0 Å². The molecule has 0 unspecified atom stereocenters. The number of hydrogen-bond acceptors (Lipinski definition) is 6. The first-order valence-corrected chi connectivity index (χ1v) is 10.5. The zero-order valence-electron chi connectivity index (χ0n) is 15.0. The molecule has 0 N–H and O–H groups in total. The number of esters is 1. The van der Waals surface area contributed by atoms with Gasteiger partial charge >= 0.3 is 5.97 Å². The van der Waals surface area contributed by atoms with Crippen LogP contribution in [-0.4, -0.2) is 57.4 Å². The van der Waals surface area contributed by atoms with Gasteiger partial charge in [0, 0.05) is 18.7 Å². The predicted molar refractivity (Wildman–Crippen MR) is 97.8 cm³/mol. The van der Waals surface area contributed by atoms with Gasteiger partial charge in [-0.25, -0.2) is 8.42 Å². The molecule has 1 fully saturated rings. The lowest BCUT2D eigenvalue weighted by molar-refractivity contribution is -0.147. The summed E-state index contributed by atoms with van der Waals surface area (Å²) in [6, 6.07) is 5.72. The van der Waals surface area contributed by atoms with E-state index < -0.39 is 10.0 Å². The minimum Gasteiger partial charge on any atom is -0.457 e. The van der Waals surface area contributed by atoms with Gasteiger partial charge in [0.25, 0.3) is 0 Å². The highest BCUT2D eigenvalue weighted by Gasteiger charge is 2.26. The van der Waals surface area contributed by atoms with Gasteiger partial charge in [-0.1, -0.05) is 12.2 Å². The van der Waals surface area contributed by atoms with Gasteiger partial charge in [0.15, 0.2) is 12.4 Å². The molecule has 3 rings (SSSR count). The molecule has 1 atom stereocenters. The summed E-state index contributed by atoms with van der Waals surface area (Å²) in [5, 5.41) is 0. The molecular formula is C19H23NO6S. The molecule has 1 aliphatic carbocycles. The van der Waals surface area contributed by atoms with Crippen LogP contribution in [0.15, 0.2) is 41.3 Å². The Bertz CT molecular complexity index is 809. The van der Waals surface area contributed by atoms with Crippen LogP contribution in [-0.2, 0) is 24.3 Å². The molecule has 27 heavy (non-hydrogen) atoms. The molecule has 0 bridgehead atoms. The first-order chi connectivity index (χ1) is 13.0. The quantitative estimate of drug-likeness (QED) is 0.416. The summed E-state index contributed by atoms with van der Waals surface area (Å²) in [6.45, 7) is 1.04. The fourth-order valence-electron chi connectivity index (χ4n) is 3.09. The second-order valence-corrected chi connectivity index (χ2v) is 8.49. The molecule has 1 aromatic rings. The van der Waals surface area contributed by atoms with E-state index in [1.165, 1.54) is 28.6 Å². The standard InChI is InChI=1S/C19H23NO6S/c21-18(14-26-19(22)16-4-2-1-3-5-16)15-6-8-17(9-7-15)27(23,24)20-10-12-25-13-11-20/h1-2,6-9,16H,3-5,10-14H2/t16-/m0/s1. The molecule has 1 aliphatic heterocycles. The van der Waals surface area contributed by atoms with Crippen LogP contribution in [0.4, 0.5) is 0 Å². The molecule has 0 spiro atoms. The number of allylic oxidation sites excluding steroid dienone is 2. The van der Waals surface area contributed by atoms with Crippen molar-refractivity contribution in [2.45, 2.75) is 24.2 Å². The Hall–Kier alpha value is -2.03. The van der Waals surface area contributed by atoms with Crippen molar-refractivity contribution in [1.82, 2.24) is 4.31 Å². The Morgan fingerprint density at radius 2 is 1.81 bits per heavy atom. The van der Waals surface area contributed by atoms with Crippen molar-refractivity contribution in [2.24, 2.45) is 5.92 Å². The molecule has 7 nitrogen and oxygen atoms in total. The fraction of sp³-hybridized carbons (Fsp3) is 0.474. The maximum atomic E-state index is 12.6. The number of morpholine rings is 1. The van der Waals surface area contributed by atoms with Crippen molar-refractivity contribution in [3.8, 4) is 0 Å². The average Bonchev–Trinajstić information content (AvgIpc) is 2.73. The molecule has 0 amide bonds. The lowest BCUT2D eigenvalue weighted by Gasteiger charge is -2.26. The van der Waals surface area contributed by atoms with E-state index in [-0.39, 0.29) is 29.2 Å². The van der Waals surface area contributed by atoms with Crippen molar-refractivity contribution >= 4 is 21.8 Å². The van der Waals surface area contributed by atoms with Crippen LogP contribution in [0.3, 0.4) is 0 Å². The molecule has 1 heterocycles. The minimum absolute atomic E-state index is 0.131. The van der Waals surface area contributed by atoms with Gasteiger partial charge < -0.3 is 9.47 Å². The Morgan fingerprint density at radius 1 is 1.11 bits per heavy atom. The van der Waals surface area contributed by atoms with E-state index in [0.29, 0.717) is 38.3 Å². The second kappa shape index (κ2) is 8.77. The zero-order valence-corrected chi connectivity index (χ0v) is 15.8. The third kappa shape index (κ3) is 4.82. The molecule has 1 saturated heterocycles. The summed E-state index contributed by atoms with van der Waals surface area (Å²) in [5.41, 5.74) is 0.312. The highest BCUT2D eigenvalue weighted by atomic mass is 32.2. The van der Waals surface area contributed by atoms with Crippen LogP contribution in [0.1, 0.15) is 29.6 Å². The van der Waals surface area contributed by atoms with Crippen molar-refractivity contribution in [3.05, 3.63) is 42.0 Å². The number of ether oxygens (including phenoxy) is 2. The van der Waals surface area contributed by atoms with Gasteiger partial charge in [0.05, 0.1) is 24.0 Å². The van der Waals surface area contributed by atoms with Crippen LogP contribution < -0.4 is 0 Å². The number of rotatable bonds is 6. The minimum atomic E-state index is -3.59. The summed E-state index contributed by atoms with van der Waals surface area (Å²) >= 11 is 0. The zero-order chi connectivity index (χ0) is 19.3. The molecular weight excluding hydrogens is 370 g/mol. The summed E-state index contributed by atoms with van der Waals surface area (Å²) in [5.74, 6) is -0.909. The normalized spacial score (nSPS) is 21.0. The van der Waals surface area contributed by atoms with E-state index in [2.05, 4.69) is 0 Å². The maximum Gasteiger partial charge on any atom is 0.309 e. The van der Waals surface area contributed by atoms with E-state index >= 15 is 0 Å². The molecule has 0 radical (unpaired) electrons. The summed E-state index contributed by atoms with van der Waals surface area (Å²) in [6.07, 6.45) is 6.19. The fourth-order valence-corrected chi connectivity index (χ4v) is 4.50. The SMILES string of the molecule is O=C(COC(=O)[C@H]1CC=CCC1)c1ccc(S(=O)(=O)N2CCOCC2)cc1. The third-order valence-electron chi connectivity index (χ3n) is 4.73. The lowest BCUT2D eigenvalue weighted by Crippen LogP contribution is -2.40. The number of ketones is 1. The van der Waals surface area contributed by atoms with Gasteiger partial charge in [-0.3, -0.25) is 9.59 Å². The molecule has 8 heteroatoms. The van der Waals surface area contributed by atoms with Crippen molar-refractivity contribution < 1.29 is 27.5 Å². The summed E-state index contributed by atoms with van der Waals surface area (Å²) < 4.78 is 36.8. The summed E-state index contributed by atoms with van der Waals surface area (Å²) in [4.78, 5) is 24.3. The number of carbonyl (C=O) groups excluding carboxylic acids is 2.